The molecule has 0 saturated carbocycles. The predicted octanol–water partition coefficient (Wildman–Crippen LogP) is 1.98. The Morgan fingerprint density at radius 3 is 2.21 bits per heavy atom. The molecule has 0 heterocycles. The van der Waals surface area contributed by atoms with Crippen LogP contribution in [0, 0.1) is 0 Å². The average molecular weight is 272 g/mol. The van der Waals surface area contributed by atoms with E-state index in [-0.39, 0.29) is 18.5 Å². The Bertz CT molecular complexity index is 286. The molecule has 0 fully saturated rings. The van der Waals surface area contributed by atoms with Crippen LogP contribution < -0.4 is 0 Å². The molecule has 0 aromatic heterocycles. The highest BCUT2D eigenvalue weighted by molar-refractivity contribution is 5.86. The summed E-state index contributed by atoms with van der Waals surface area (Å²) in [7, 11) is 0. The molecule has 0 aromatic rings. The van der Waals surface area contributed by atoms with Gasteiger partial charge in [0.05, 0.1) is 13.2 Å². The Balaban J connectivity index is 3.32. The summed E-state index contributed by atoms with van der Waals surface area (Å²) < 4.78 is 9.92. The molecule has 110 valence electrons. The first kappa shape index (κ1) is 17.6. The van der Waals surface area contributed by atoms with E-state index in [9.17, 15) is 9.59 Å². The Hall–Kier alpha value is -1.36. The number of hydrogen-bond donors (Lipinski definition) is 1. The van der Waals surface area contributed by atoms with Crippen molar-refractivity contribution in [1.29, 1.82) is 0 Å². The van der Waals surface area contributed by atoms with E-state index in [1.54, 1.807) is 6.92 Å². The van der Waals surface area contributed by atoms with Crippen LogP contribution >= 0.6 is 0 Å². The molecule has 0 aliphatic carbocycles. The van der Waals surface area contributed by atoms with Crippen molar-refractivity contribution in [2.45, 2.75) is 45.4 Å². The van der Waals surface area contributed by atoms with Crippen LogP contribution in [-0.2, 0) is 19.1 Å². The van der Waals surface area contributed by atoms with Crippen molar-refractivity contribution in [1.82, 2.24) is 0 Å². The molecule has 0 aromatic carbocycles. The highest BCUT2D eigenvalue weighted by atomic mass is 16.5. The Labute approximate surface area is 114 Å². The average Bonchev–Trinajstić information content (AvgIpc) is 2.38. The summed E-state index contributed by atoms with van der Waals surface area (Å²) in [6.07, 6.45) is 4.03. The lowest BCUT2D eigenvalue weighted by Crippen LogP contribution is -2.09. The van der Waals surface area contributed by atoms with E-state index in [1.807, 2.05) is 0 Å². The quantitative estimate of drug-likeness (QED) is 0.354. The highest BCUT2D eigenvalue weighted by Crippen LogP contribution is 2.02. The number of carbonyl (C=O) groups excluding carboxylic acids is 2. The van der Waals surface area contributed by atoms with Crippen molar-refractivity contribution >= 4 is 11.9 Å². The molecular weight excluding hydrogens is 248 g/mol. The third-order valence-electron chi connectivity index (χ3n) is 2.42. The maximum absolute atomic E-state index is 11.3. The van der Waals surface area contributed by atoms with E-state index >= 15 is 0 Å². The number of ether oxygens (including phenoxy) is 2. The second-order valence-corrected chi connectivity index (χ2v) is 4.38. The van der Waals surface area contributed by atoms with Gasteiger partial charge in [0.2, 0.25) is 0 Å². The summed E-state index contributed by atoms with van der Waals surface area (Å²) in [6, 6.07) is 0. The lowest BCUT2D eigenvalue weighted by Gasteiger charge is -2.06. The minimum Gasteiger partial charge on any atom is -0.466 e. The molecule has 0 bridgehead atoms. The fourth-order valence-electron chi connectivity index (χ4n) is 1.31. The zero-order valence-corrected chi connectivity index (χ0v) is 11.7. The van der Waals surface area contributed by atoms with Gasteiger partial charge in [-0.25, -0.2) is 4.79 Å². The normalized spacial score (nSPS) is 10.0. The first-order valence-corrected chi connectivity index (χ1v) is 6.67. The summed E-state index contributed by atoms with van der Waals surface area (Å²) in [5, 5.41) is 8.57. The fourth-order valence-corrected chi connectivity index (χ4v) is 1.31. The van der Waals surface area contributed by atoms with Crippen LogP contribution in [0.25, 0.3) is 0 Å². The zero-order chi connectivity index (χ0) is 14.5. The third kappa shape index (κ3) is 11.5. The van der Waals surface area contributed by atoms with Crippen molar-refractivity contribution in [3.05, 3.63) is 12.2 Å². The van der Waals surface area contributed by atoms with Crippen LogP contribution in [0.1, 0.15) is 45.4 Å². The molecule has 19 heavy (non-hydrogen) atoms. The van der Waals surface area contributed by atoms with Gasteiger partial charge in [-0.3, -0.25) is 4.79 Å². The second-order valence-electron chi connectivity index (χ2n) is 4.38. The number of rotatable bonds is 11. The molecule has 0 atom stereocenters. The summed E-state index contributed by atoms with van der Waals surface area (Å²) in [5.74, 6) is -0.599. The van der Waals surface area contributed by atoms with E-state index in [1.165, 1.54) is 0 Å². The molecule has 0 unspecified atom stereocenters. The first-order valence-electron chi connectivity index (χ1n) is 6.67. The molecule has 0 radical (unpaired) electrons. The Morgan fingerprint density at radius 2 is 1.63 bits per heavy atom. The molecule has 5 heteroatoms. The van der Waals surface area contributed by atoms with Crippen LogP contribution in [-0.4, -0.2) is 36.9 Å². The second kappa shape index (κ2) is 11.7. The molecule has 0 aliphatic rings. The first-order chi connectivity index (χ1) is 9.07. The number of esters is 2. The number of aliphatic hydroxyl groups is 1. The fraction of sp³-hybridized carbons (Fsp3) is 0.714. The summed E-state index contributed by atoms with van der Waals surface area (Å²) in [4.78, 5) is 22.3. The number of hydrogen-bond acceptors (Lipinski definition) is 5. The predicted molar refractivity (Wildman–Crippen MR) is 71.5 cm³/mol. The molecule has 0 amide bonds. The number of carbonyl (C=O) groups is 2. The minimum absolute atomic E-state index is 0.165. The third-order valence-corrected chi connectivity index (χ3v) is 2.42. The minimum atomic E-state index is -0.388. The van der Waals surface area contributed by atoms with Gasteiger partial charge in [-0.1, -0.05) is 13.0 Å². The van der Waals surface area contributed by atoms with E-state index in [0.717, 1.165) is 19.3 Å². The van der Waals surface area contributed by atoms with Crippen molar-refractivity contribution < 1.29 is 24.2 Å². The van der Waals surface area contributed by atoms with Gasteiger partial charge in [0.25, 0.3) is 0 Å². The lowest BCUT2D eigenvalue weighted by molar-refractivity contribution is -0.144. The molecular formula is C14H24O5. The number of unbranched alkanes of at least 4 members (excludes halogenated alkanes) is 3. The maximum atomic E-state index is 11.3. The Kier molecular flexibility index (Phi) is 10.9. The molecule has 1 N–H and O–H groups in total. The molecule has 0 aliphatic heterocycles. The Morgan fingerprint density at radius 1 is 1.00 bits per heavy atom. The largest absolute Gasteiger partial charge is 0.466 e. The van der Waals surface area contributed by atoms with Gasteiger partial charge in [0.1, 0.15) is 0 Å². The van der Waals surface area contributed by atoms with Crippen molar-refractivity contribution in [2.75, 3.05) is 19.8 Å². The van der Waals surface area contributed by atoms with Gasteiger partial charge >= 0.3 is 11.9 Å². The highest BCUT2D eigenvalue weighted by Gasteiger charge is 2.04. The van der Waals surface area contributed by atoms with Gasteiger partial charge in [-0.15, -0.1) is 0 Å². The van der Waals surface area contributed by atoms with Gasteiger partial charge in [-0.2, -0.15) is 0 Å². The van der Waals surface area contributed by atoms with E-state index < -0.39 is 0 Å². The van der Waals surface area contributed by atoms with Crippen LogP contribution in [0.4, 0.5) is 0 Å². The van der Waals surface area contributed by atoms with Crippen LogP contribution in [0.3, 0.4) is 0 Å². The monoisotopic (exact) mass is 272 g/mol. The standard InChI is InChI=1S/C14H24O5/c1-12(2)14(17)19-11-7-6-10-18-13(16)8-4-3-5-9-15/h15H,1,3-11H2,2H3. The van der Waals surface area contributed by atoms with Gasteiger partial charge < -0.3 is 14.6 Å². The SMILES string of the molecule is C=C(C)C(=O)OCCCCOC(=O)CCCCCO. The molecule has 0 rings (SSSR count). The van der Waals surface area contributed by atoms with Crippen molar-refractivity contribution in [3.63, 3.8) is 0 Å². The van der Waals surface area contributed by atoms with Gasteiger partial charge in [0, 0.05) is 18.6 Å². The van der Waals surface area contributed by atoms with Crippen LogP contribution in [0.5, 0.6) is 0 Å². The van der Waals surface area contributed by atoms with E-state index in [0.29, 0.717) is 38.0 Å². The summed E-state index contributed by atoms with van der Waals surface area (Å²) in [5.41, 5.74) is 0.384. The van der Waals surface area contributed by atoms with Crippen molar-refractivity contribution in [2.24, 2.45) is 0 Å². The summed E-state index contributed by atoms with van der Waals surface area (Å²) in [6.45, 7) is 5.91. The van der Waals surface area contributed by atoms with Gasteiger partial charge in [-0.05, 0) is 32.6 Å². The van der Waals surface area contributed by atoms with E-state index in [4.69, 9.17) is 14.6 Å². The molecule has 0 spiro atoms. The van der Waals surface area contributed by atoms with Gasteiger partial charge in [0.15, 0.2) is 0 Å². The zero-order valence-electron chi connectivity index (χ0n) is 11.7. The lowest BCUT2D eigenvalue weighted by atomic mass is 10.2. The smallest absolute Gasteiger partial charge is 0.333 e. The molecule has 5 nitrogen and oxygen atoms in total. The maximum Gasteiger partial charge on any atom is 0.333 e. The van der Waals surface area contributed by atoms with E-state index in [2.05, 4.69) is 6.58 Å². The van der Waals surface area contributed by atoms with Crippen LogP contribution in [0.2, 0.25) is 0 Å². The number of aliphatic hydroxyl groups excluding tert-OH is 1. The molecule has 0 saturated heterocycles. The van der Waals surface area contributed by atoms with Crippen molar-refractivity contribution in [3.8, 4) is 0 Å². The topological polar surface area (TPSA) is 72.8 Å². The van der Waals surface area contributed by atoms with Crippen LogP contribution in [0.15, 0.2) is 12.2 Å². The summed E-state index contributed by atoms with van der Waals surface area (Å²) >= 11 is 0.